The van der Waals surface area contributed by atoms with Crippen molar-refractivity contribution in [3.05, 3.63) is 59.6 Å². The molecule has 21 heavy (non-hydrogen) atoms. The second-order valence-electron chi connectivity index (χ2n) is 4.25. The summed E-state index contributed by atoms with van der Waals surface area (Å²) in [6.07, 6.45) is 0. The molecule has 0 radical (unpaired) electrons. The summed E-state index contributed by atoms with van der Waals surface area (Å²) in [7, 11) is 0. The molecule has 2 amide bonds. The SMILES string of the molecule is O=C(O)CN(C(=O)Nc1ccc(Cl)cc1)c1ccccc1. The van der Waals surface area contributed by atoms with Gasteiger partial charge in [0.15, 0.2) is 0 Å². The van der Waals surface area contributed by atoms with Crippen molar-refractivity contribution in [1.82, 2.24) is 0 Å². The summed E-state index contributed by atoms with van der Waals surface area (Å²) in [5.74, 6) is -1.09. The third kappa shape index (κ3) is 4.22. The molecule has 6 heteroatoms. The van der Waals surface area contributed by atoms with Gasteiger partial charge >= 0.3 is 12.0 Å². The predicted octanol–water partition coefficient (Wildman–Crippen LogP) is 3.46. The van der Waals surface area contributed by atoms with Crippen LogP contribution in [0.4, 0.5) is 16.2 Å². The fourth-order valence-corrected chi connectivity index (χ4v) is 1.87. The largest absolute Gasteiger partial charge is 0.480 e. The van der Waals surface area contributed by atoms with Crippen LogP contribution in [0.1, 0.15) is 0 Å². The number of carboxylic acid groups (broad SMARTS) is 1. The van der Waals surface area contributed by atoms with E-state index in [1.54, 1.807) is 54.6 Å². The summed E-state index contributed by atoms with van der Waals surface area (Å²) in [5.41, 5.74) is 1.04. The topological polar surface area (TPSA) is 69.6 Å². The number of hydrogen-bond acceptors (Lipinski definition) is 2. The summed E-state index contributed by atoms with van der Waals surface area (Å²) in [5, 5.41) is 12.1. The number of aliphatic carboxylic acids is 1. The van der Waals surface area contributed by atoms with Gasteiger partial charge in [-0.1, -0.05) is 29.8 Å². The maximum absolute atomic E-state index is 12.3. The highest BCUT2D eigenvalue weighted by Gasteiger charge is 2.18. The Balaban J connectivity index is 2.18. The van der Waals surface area contributed by atoms with Crippen LogP contribution in [0, 0.1) is 0 Å². The Bertz CT molecular complexity index is 629. The summed E-state index contributed by atoms with van der Waals surface area (Å²) in [4.78, 5) is 24.3. The lowest BCUT2D eigenvalue weighted by molar-refractivity contribution is -0.135. The Morgan fingerprint density at radius 1 is 1.05 bits per heavy atom. The lowest BCUT2D eigenvalue weighted by Gasteiger charge is -2.21. The van der Waals surface area contributed by atoms with Crippen molar-refractivity contribution >= 4 is 35.0 Å². The molecule has 0 unspecified atom stereocenters. The molecular weight excluding hydrogens is 292 g/mol. The molecule has 2 N–H and O–H groups in total. The molecule has 0 aliphatic carbocycles. The number of anilines is 2. The second kappa shape index (κ2) is 6.76. The molecule has 0 saturated carbocycles. The molecule has 0 saturated heterocycles. The molecule has 5 nitrogen and oxygen atoms in total. The molecule has 0 bridgehead atoms. The number of nitrogens with one attached hydrogen (secondary N) is 1. The summed E-state index contributed by atoms with van der Waals surface area (Å²) < 4.78 is 0. The van der Waals surface area contributed by atoms with Gasteiger partial charge < -0.3 is 10.4 Å². The zero-order valence-corrected chi connectivity index (χ0v) is 11.7. The quantitative estimate of drug-likeness (QED) is 0.908. The molecule has 0 heterocycles. The monoisotopic (exact) mass is 304 g/mol. The lowest BCUT2D eigenvalue weighted by atomic mass is 10.3. The molecule has 0 aliphatic heterocycles. The number of carbonyl (C=O) groups is 2. The van der Waals surface area contributed by atoms with E-state index in [1.807, 2.05) is 0 Å². The van der Waals surface area contributed by atoms with Crippen LogP contribution >= 0.6 is 11.6 Å². The first-order valence-corrected chi connectivity index (χ1v) is 6.55. The van der Waals surface area contributed by atoms with Crippen LogP contribution in [0.15, 0.2) is 54.6 Å². The smallest absolute Gasteiger partial charge is 0.326 e. The van der Waals surface area contributed by atoms with Gasteiger partial charge in [0.05, 0.1) is 0 Å². The number of rotatable bonds is 4. The van der Waals surface area contributed by atoms with Crippen LogP contribution in [0.5, 0.6) is 0 Å². The second-order valence-corrected chi connectivity index (χ2v) is 4.69. The highest BCUT2D eigenvalue weighted by molar-refractivity contribution is 6.30. The van der Waals surface area contributed by atoms with Crippen molar-refractivity contribution in [2.45, 2.75) is 0 Å². The summed E-state index contributed by atoms with van der Waals surface area (Å²) >= 11 is 5.77. The van der Waals surface area contributed by atoms with E-state index in [1.165, 1.54) is 0 Å². The third-order valence-electron chi connectivity index (χ3n) is 2.70. The number of benzene rings is 2. The molecule has 0 aromatic heterocycles. The predicted molar refractivity (Wildman–Crippen MR) is 81.9 cm³/mol. The molecular formula is C15H13ClN2O3. The first kappa shape index (κ1) is 14.9. The minimum absolute atomic E-state index is 0.427. The van der Waals surface area contributed by atoms with Crippen molar-refractivity contribution < 1.29 is 14.7 Å². The number of carbonyl (C=O) groups excluding carboxylic acids is 1. The third-order valence-corrected chi connectivity index (χ3v) is 2.95. The van der Waals surface area contributed by atoms with Gasteiger partial charge in [0, 0.05) is 16.4 Å². The summed E-state index contributed by atoms with van der Waals surface area (Å²) in [6.45, 7) is -0.427. The minimum Gasteiger partial charge on any atom is -0.480 e. The Hall–Kier alpha value is -2.53. The van der Waals surface area contributed by atoms with E-state index in [-0.39, 0.29) is 0 Å². The van der Waals surface area contributed by atoms with Gasteiger partial charge in [-0.05, 0) is 36.4 Å². The van der Waals surface area contributed by atoms with E-state index < -0.39 is 18.5 Å². The van der Waals surface area contributed by atoms with Crippen LogP contribution < -0.4 is 10.2 Å². The molecule has 2 aromatic rings. The van der Waals surface area contributed by atoms with Gasteiger partial charge in [-0.25, -0.2) is 4.79 Å². The zero-order chi connectivity index (χ0) is 15.2. The molecule has 0 atom stereocenters. The first-order valence-electron chi connectivity index (χ1n) is 6.17. The average Bonchev–Trinajstić information content (AvgIpc) is 2.48. The molecule has 2 rings (SSSR count). The summed E-state index contributed by atoms with van der Waals surface area (Å²) in [6, 6.07) is 14.6. The van der Waals surface area contributed by atoms with Crippen molar-refractivity contribution in [3.8, 4) is 0 Å². The van der Waals surface area contributed by atoms with Crippen molar-refractivity contribution in [1.29, 1.82) is 0 Å². The van der Waals surface area contributed by atoms with Crippen LogP contribution in [0.25, 0.3) is 0 Å². The van der Waals surface area contributed by atoms with Gasteiger partial charge in [0.2, 0.25) is 0 Å². The Kier molecular flexibility index (Phi) is 4.79. The molecule has 0 fully saturated rings. The molecule has 2 aromatic carbocycles. The molecule has 0 aliphatic rings. The Morgan fingerprint density at radius 3 is 2.24 bits per heavy atom. The van der Waals surface area contributed by atoms with Crippen molar-refractivity contribution in [3.63, 3.8) is 0 Å². The highest BCUT2D eigenvalue weighted by atomic mass is 35.5. The van der Waals surface area contributed by atoms with Gasteiger partial charge in [0.25, 0.3) is 0 Å². The van der Waals surface area contributed by atoms with Crippen LogP contribution in [0.2, 0.25) is 5.02 Å². The maximum Gasteiger partial charge on any atom is 0.326 e. The van der Waals surface area contributed by atoms with E-state index in [0.717, 1.165) is 4.90 Å². The zero-order valence-electron chi connectivity index (χ0n) is 11.0. The van der Waals surface area contributed by atoms with Gasteiger partial charge in [-0.15, -0.1) is 0 Å². The van der Waals surface area contributed by atoms with Gasteiger partial charge in [0.1, 0.15) is 6.54 Å². The number of amides is 2. The number of para-hydroxylation sites is 1. The van der Waals surface area contributed by atoms with Gasteiger partial charge in [-0.3, -0.25) is 9.69 Å². The average molecular weight is 305 g/mol. The standard InChI is InChI=1S/C15H13ClN2O3/c16-11-6-8-12(9-7-11)17-15(21)18(10-14(19)20)13-4-2-1-3-5-13/h1-9H,10H2,(H,17,21)(H,19,20). The molecule has 108 valence electrons. The lowest BCUT2D eigenvalue weighted by Crippen LogP contribution is -2.38. The fraction of sp³-hybridized carbons (Fsp3) is 0.0667. The van der Waals surface area contributed by atoms with Crippen LogP contribution in [-0.2, 0) is 4.79 Å². The highest BCUT2D eigenvalue weighted by Crippen LogP contribution is 2.17. The number of carboxylic acids is 1. The number of halogens is 1. The van der Waals surface area contributed by atoms with E-state index >= 15 is 0 Å². The Labute approximate surface area is 126 Å². The molecule has 0 spiro atoms. The number of hydrogen-bond donors (Lipinski definition) is 2. The van der Waals surface area contributed by atoms with Crippen LogP contribution in [0.3, 0.4) is 0 Å². The first-order chi connectivity index (χ1) is 10.1. The Morgan fingerprint density at radius 2 is 1.67 bits per heavy atom. The normalized spacial score (nSPS) is 9.95. The van der Waals surface area contributed by atoms with Crippen LogP contribution in [-0.4, -0.2) is 23.7 Å². The van der Waals surface area contributed by atoms with E-state index in [2.05, 4.69) is 5.32 Å². The minimum atomic E-state index is -1.09. The number of urea groups is 1. The fourth-order valence-electron chi connectivity index (χ4n) is 1.75. The van der Waals surface area contributed by atoms with Crippen molar-refractivity contribution in [2.24, 2.45) is 0 Å². The number of nitrogens with zero attached hydrogens (tertiary/aromatic N) is 1. The van der Waals surface area contributed by atoms with Gasteiger partial charge in [-0.2, -0.15) is 0 Å². The van der Waals surface area contributed by atoms with E-state index in [0.29, 0.717) is 16.4 Å². The van der Waals surface area contributed by atoms with Crippen molar-refractivity contribution in [2.75, 3.05) is 16.8 Å². The van der Waals surface area contributed by atoms with E-state index in [9.17, 15) is 9.59 Å². The van der Waals surface area contributed by atoms with E-state index in [4.69, 9.17) is 16.7 Å². The maximum atomic E-state index is 12.3.